The highest BCUT2D eigenvalue weighted by atomic mass is 79.9. The molecule has 17 heavy (non-hydrogen) atoms. The molecule has 0 aromatic heterocycles. The molecule has 2 rings (SSSR count). The molecule has 1 fully saturated rings. The average molecular weight is 319 g/mol. The number of halogens is 1. The molecule has 0 heterocycles. The molecule has 6 heteroatoms. The molecular formula is C11H15BrN2O2S. The number of rotatable bonds is 4. The Labute approximate surface area is 110 Å². The highest BCUT2D eigenvalue weighted by Gasteiger charge is 2.38. The van der Waals surface area contributed by atoms with E-state index in [1.807, 2.05) is 0 Å². The van der Waals surface area contributed by atoms with Crippen molar-refractivity contribution in [1.82, 2.24) is 4.72 Å². The Morgan fingerprint density at radius 3 is 2.65 bits per heavy atom. The van der Waals surface area contributed by atoms with Gasteiger partial charge in [0.05, 0.1) is 5.69 Å². The van der Waals surface area contributed by atoms with Crippen LogP contribution in [0.25, 0.3) is 0 Å². The molecule has 0 amide bonds. The van der Waals surface area contributed by atoms with Crippen LogP contribution in [0.1, 0.15) is 19.8 Å². The van der Waals surface area contributed by atoms with E-state index in [1.54, 1.807) is 12.1 Å². The summed E-state index contributed by atoms with van der Waals surface area (Å²) in [6, 6.07) is 4.77. The fraction of sp³-hybridized carbons (Fsp3) is 0.455. The number of anilines is 1. The van der Waals surface area contributed by atoms with Crippen LogP contribution in [0.3, 0.4) is 0 Å². The summed E-state index contributed by atoms with van der Waals surface area (Å²) in [4.78, 5) is 0.143. The van der Waals surface area contributed by atoms with Crippen LogP contribution in [0, 0.1) is 5.41 Å². The van der Waals surface area contributed by atoms with E-state index in [2.05, 4.69) is 27.6 Å². The van der Waals surface area contributed by atoms with Gasteiger partial charge in [-0.3, -0.25) is 0 Å². The van der Waals surface area contributed by atoms with Gasteiger partial charge in [0.15, 0.2) is 0 Å². The lowest BCUT2D eigenvalue weighted by Crippen LogP contribution is -2.29. The van der Waals surface area contributed by atoms with Crippen molar-refractivity contribution < 1.29 is 8.42 Å². The van der Waals surface area contributed by atoms with Gasteiger partial charge in [-0.2, -0.15) is 0 Å². The fourth-order valence-corrected chi connectivity index (χ4v) is 3.19. The van der Waals surface area contributed by atoms with E-state index < -0.39 is 10.0 Å². The van der Waals surface area contributed by atoms with Gasteiger partial charge in [-0.25, -0.2) is 13.1 Å². The van der Waals surface area contributed by atoms with Crippen LogP contribution in [-0.4, -0.2) is 15.0 Å². The first kappa shape index (κ1) is 12.9. The van der Waals surface area contributed by atoms with Gasteiger partial charge in [-0.05, 0) is 36.5 Å². The minimum Gasteiger partial charge on any atom is -0.398 e. The van der Waals surface area contributed by atoms with Gasteiger partial charge in [0, 0.05) is 11.0 Å². The zero-order chi connectivity index (χ0) is 12.7. The van der Waals surface area contributed by atoms with Gasteiger partial charge in [0.25, 0.3) is 0 Å². The van der Waals surface area contributed by atoms with Gasteiger partial charge >= 0.3 is 0 Å². The maximum absolute atomic E-state index is 12.0. The molecule has 0 radical (unpaired) electrons. The summed E-state index contributed by atoms with van der Waals surface area (Å²) in [6.07, 6.45) is 2.15. The minimum absolute atomic E-state index is 0.136. The van der Waals surface area contributed by atoms with Gasteiger partial charge in [-0.1, -0.05) is 22.9 Å². The molecule has 0 unspecified atom stereocenters. The van der Waals surface area contributed by atoms with E-state index in [4.69, 9.17) is 5.73 Å². The van der Waals surface area contributed by atoms with Crippen LogP contribution in [-0.2, 0) is 10.0 Å². The number of hydrogen-bond acceptors (Lipinski definition) is 3. The molecular weight excluding hydrogens is 304 g/mol. The van der Waals surface area contributed by atoms with Crippen molar-refractivity contribution in [3.8, 4) is 0 Å². The summed E-state index contributed by atoms with van der Waals surface area (Å²) in [5.41, 5.74) is 6.11. The molecule has 94 valence electrons. The van der Waals surface area contributed by atoms with Crippen molar-refractivity contribution in [1.29, 1.82) is 0 Å². The number of sulfonamides is 1. The van der Waals surface area contributed by atoms with Crippen molar-refractivity contribution in [2.75, 3.05) is 12.3 Å². The lowest BCUT2D eigenvalue weighted by molar-refractivity contribution is 0.530. The highest BCUT2D eigenvalue weighted by molar-refractivity contribution is 9.10. The van der Waals surface area contributed by atoms with E-state index >= 15 is 0 Å². The van der Waals surface area contributed by atoms with Crippen molar-refractivity contribution in [3.63, 3.8) is 0 Å². The molecule has 1 aromatic carbocycles. The summed E-state index contributed by atoms with van der Waals surface area (Å²) in [7, 11) is -3.50. The summed E-state index contributed by atoms with van der Waals surface area (Å²) >= 11 is 3.25. The monoisotopic (exact) mass is 318 g/mol. The summed E-state index contributed by atoms with van der Waals surface area (Å²) < 4.78 is 27.4. The van der Waals surface area contributed by atoms with Gasteiger partial charge < -0.3 is 5.73 Å². The Kier molecular flexibility index (Phi) is 3.22. The number of hydrogen-bond donors (Lipinski definition) is 2. The molecule has 1 aliphatic rings. The maximum atomic E-state index is 12.0. The predicted octanol–water partition coefficient (Wildman–Crippen LogP) is 2.11. The smallest absolute Gasteiger partial charge is 0.242 e. The Balaban J connectivity index is 2.19. The van der Waals surface area contributed by atoms with Crippen molar-refractivity contribution in [3.05, 3.63) is 22.7 Å². The predicted molar refractivity (Wildman–Crippen MR) is 71.1 cm³/mol. The maximum Gasteiger partial charge on any atom is 0.242 e. The number of nitrogens with one attached hydrogen (secondary N) is 1. The highest BCUT2D eigenvalue weighted by Crippen LogP contribution is 2.44. The van der Waals surface area contributed by atoms with Gasteiger partial charge in [0.2, 0.25) is 10.0 Å². The van der Waals surface area contributed by atoms with E-state index in [0.717, 1.165) is 17.3 Å². The third kappa shape index (κ3) is 3.00. The quantitative estimate of drug-likeness (QED) is 0.835. The Bertz CT molecular complexity index is 538. The molecule has 0 spiro atoms. The number of benzene rings is 1. The summed E-state index contributed by atoms with van der Waals surface area (Å²) in [5.74, 6) is 0. The van der Waals surface area contributed by atoms with E-state index in [0.29, 0.717) is 6.54 Å². The van der Waals surface area contributed by atoms with E-state index in [-0.39, 0.29) is 16.0 Å². The normalized spacial score (nSPS) is 18.0. The SMILES string of the molecule is CC1(CNS(=O)(=O)c2ccc(Br)cc2N)CC1. The van der Waals surface area contributed by atoms with E-state index in [9.17, 15) is 8.42 Å². The second kappa shape index (κ2) is 4.26. The van der Waals surface area contributed by atoms with Crippen LogP contribution in [0.15, 0.2) is 27.6 Å². The lowest BCUT2D eigenvalue weighted by Gasteiger charge is -2.12. The second-order valence-corrected chi connectivity index (χ2v) is 7.47. The van der Waals surface area contributed by atoms with Crippen LogP contribution < -0.4 is 10.5 Å². The van der Waals surface area contributed by atoms with Crippen molar-refractivity contribution >= 4 is 31.6 Å². The molecule has 0 aliphatic heterocycles. The minimum atomic E-state index is -3.50. The lowest BCUT2D eigenvalue weighted by atomic mass is 10.2. The third-order valence-corrected chi connectivity index (χ3v) is 5.02. The molecule has 3 N–H and O–H groups in total. The molecule has 0 bridgehead atoms. The third-order valence-electron chi connectivity index (χ3n) is 3.05. The first-order valence-corrected chi connectivity index (χ1v) is 7.65. The summed E-state index contributed by atoms with van der Waals surface area (Å²) in [6.45, 7) is 2.55. The second-order valence-electron chi connectivity index (χ2n) is 4.82. The largest absolute Gasteiger partial charge is 0.398 e. The van der Waals surface area contributed by atoms with Crippen LogP contribution in [0.2, 0.25) is 0 Å². The summed E-state index contributed by atoms with van der Waals surface area (Å²) in [5, 5.41) is 0. The topological polar surface area (TPSA) is 72.2 Å². The van der Waals surface area contributed by atoms with Crippen LogP contribution >= 0.6 is 15.9 Å². The Morgan fingerprint density at radius 2 is 2.12 bits per heavy atom. The van der Waals surface area contributed by atoms with Crippen molar-refractivity contribution in [2.45, 2.75) is 24.7 Å². The fourth-order valence-electron chi connectivity index (χ4n) is 1.50. The molecule has 1 aliphatic carbocycles. The number of nitrogen functional groups attached to an aromatic ring is 1. The molecule has 0 saturated heterocycles. The Morgan fingerprint density at radius 1 is 1.47 bits per heavy atom. The Hall–Kier alpha value is -0.590. The van der Waals surface area contributed by atoms with Crippen LogP contribution in [0.4, 0.5) is 5.69 Å². The first-order valence-electron chi connectivity index (χ1n) is 5.37. The van der Waals surface area contributed by atoms with Gasteiger partial charge in [-0.15, -0.1) is 0 Å². The van der Waals surface area contributed by atoms with Gasteiger partial charge in [0.1, 0.15) is 4.90 Å². The zero-order valence-corrected chi connectivity index (χ0v) is 11.9. The van der Waals surface area contributed by atoms with E-state index in [1.165, 1.54) is 6.07 Å². The average Bonchev–Trinajstić information content (AvgIpc) is 2.94. The molecule has 1 saturated carbocycles. The standard InChI is InChI=1S/C11H15BrN2O2S/c1-11(4-5-11)7-14-17(15,16)10-3-2-8(12)6-9(10)13/h2-3,6,14H,4-5,7,13H2,1H3. The first-order chi connectivity index (χ1) is 7.82. The van der Waals surface area contributed by atoms with Crippen LogP contribution in [0.5, 0.6) is 0 Å². The molecule has 0 atom stereocenters. The van der Waals surface area contributed by atoms with Crippen molar-refractivity contribution in [2.24, 2.45) is 5.41 Å². The molecule has 1 aromatic rings. The number of nitrogens with two attached hydrogens (primary N) is 1. The zero-order valence-electron chi connectivity index (χ0n) is 9.53. The molecule has 4 nitrogen and oxygen atoms in total.